The molecule has 0 aromatic rings. The Kier molecular flexibility index (Phi) is 2.87. The lowest BCUT2D eigenvalue weighted by atomic mass is 9.88. The van der Waals surface area contributed by atoms with Crippen LogP contribution in [0.3, 0.4) is 0 Å². The van der Waals surface area contributed by atoms with Crippen LogP contribution in [0.5, 0.6) is 0 Å². The van der Waals surface area contributed by atoms with Crippen molar-refractivity contribution in [1.29, 1.82) is 0 Å². The molecule has 0 aliphatic carbocycles. The second-order valence-corrected chi connectivity index (χ2v) is 4.13. The van der Waals surface area contributed by atoms with Gasteiger partial charge in [-0.15, -0.1) is 5.92 Å². The SMILES string of the molecule is CC#CCN1CC2COCC(C2)C1. The van der Waals surface area contributed by atoms with Gasteiger partial charge in [0.1, 0.15) is 0 Å². The molecule has 0 saturated carbocycles. The number of ether oxygens (including phenoxy) is 1. The maximum absolute atomic E-state index is 5.53. The van der Waals surface area contributed by atoms with E-state index in [-0.39, 0.29) is 0 Å². The number of nitrogens with zero attached hydrogens (tertiary/aromatic N) is 1. The van der Waals surface area contributed by atoms with Gasteiger partial charge in [-0.05, 0) is 25.2 Å². The van der Waals surface area contributed by atoms with Gasteiger partial charge in [-0.25, -0.2) is 0 Å². The Morgan fingerprint density at radius 1 is 1.31 bits per heavy atom. The van der Waals surface area contributed by atoms with Gasteiger partial charge in [0, 0.05) is 13.1 Å². The van der Waals surface area contributed by atoms with Gasteiger partial charge in [-0.3, -0.25) is 4.90 Å². The molecule has 0 N–H and O–H groups in total. The zero-order chi connectivity index (χ0) is 9.10. The first kappa shape index (κ1) is 9.05. The maximum atomic E-state index is 5.53. The second-order valence-electron chi connectivity index (χ2n) is 4.13. The highest BCUT2D eigenvalue weighted by atomic mass is 16.5. The van der Waals surface area contributed by atoms with Gasteiger partial charge >= 0.3 is 0 Å². The predicted molar refractivity (Wildman–Crippen MR) is 52.3 cm³/mol. The van der Waals surface area contributed by atoms with E-state index in [1.165, 1.54) is 19.5 Å². The molecule has 2 heteroatoms. The van der Waals surface area contributed by atoms with Crippen LogP contribution in [0.2, 0.25) is 0 Å². The van der Waals surface area contributed by atoms with Crippen molar-refractivity contribution in [3.8, 4) is 11.8 Å². The number of fused-ring (bicyclic) bond motifs is 2. The number of hydrogen-bond donors (Lipinski definition) is 0. The smallest absolute Gasteiger partial charge is 0.0601 e. The van der Waals surface area contributed by atoms with Crippen molar-refractivity contribution in [3.63, 3.8) is 0 Å². The van der Waals surface area contributed by atoms with Crippen LogP contribution in [0.4, 0.5) is 0 Å². The van der Waals surface area contributed by atoms with Gasteiger partial charge in [-0.2, -0.15) is 0 Å². The molecule has 0 aromatic heterocycles. The van der Waals surface area contributed by atoms with E-state index in [0.717, 1.165) is 31.6 Å². The van der Waals surface area contributed by atoms with Crippen molar-refractivity contribution in [1.82, 2.24) is 4.90 Å². The van der Waals surface area contributed by atoms with Gasteiger partial charge in [-0.1, -0.05) is 5.92 Å². The lowest BCUT2D eigenvalue weighted by Gasteiger charge is -2.40. The second kappa shape index (κ2) is 4.13. The third-order valence-corrected chi connectivity index (χ3v) is 2.89. The number of hydrogen-bond acceptors (Lipinski definition) is 2. The Morgan fingerprint density at radius 2 is 2.00 bits per heavy atom. The topological polar surface area (TPSA) is 12.5 Å². The van der Waals surface area contributed by atoms with E-state index in [0.29, 0.717) is 0 Å². The summed E-state index contributed by atoms with van der Waals surface area (Å²) >= 11 is 0. The molecule has 0 aromatic carbocycles. The summed E-state index contributed by atoms with van der Waals surface area (Å²) < 4.78 is 5.53. The minimum absolute atomic E-state index is 0.770. The molecule has 2 heterocycles. The van der Waals surface area contributed by atoms with Gasteiger partial charge in [0.2, 0.25) is 0 Å². The fourth-order valence-electron chi connectivity index (χ4n) is 2.39. The zero-order valence-corrected chi connectivity index (χ0v) is 8.25. The van der Waals surface area contributed by atoms with Gasteiger partial charge < -0.3 is 4.74 Å². The average Bonchev–Trinajstić information content (AvgIpc) is 2.14. The van der Waals surface area contributed by atoms with E-state index < -0.39 is 0 Å². The summed E-state index contributed by atoms with van der Waals surface area (Å²) in [5.74, 6) is 7.64. The van der Waals surface area contributed by atoms with Crippen LogP contribution >= 0.6 is 0 Å². The Labute approximate surface area is 80.2 Å². The summed E-state index contributed by atoms with van der Waals surface area (Å²) in [6, 6.07) is 0. The molecule has 2 saturated heterocycles. The summed E-state index contributed by atoms with van der Waals surface area (Å²) in [6.07, 6.45) is 1.37. The summed E-state index contributed by atoms with van der Waals surface area (Å²) in [5, 5.41) is 0. The van der Waals surface area contributed by atoms with E-state index in [4.69, 9.17) is 4.74 Å². The number of piperidine rings is 1. The molecule has 2 bridgehead atoms. The van der Waals surface area contributed by atoms with Crippen molar-refractivity contribution < 1.29 is 4.74 Å². The molecule has 2 aliphatic heterocycles. The zero-order valence-electron chi connectivity index (χ0n) is 8.25. The lowest BCUT2D eigenvalue weighted by molar-refractivity contribution is -0.0369. The fraction of sp³-hybridized carbons (Fsp3) is 0.818. The Hall–Kier alpha value is -0.520. The molecule has 2 rings (SSSR count). The summed E-state index contributed by atoms with van der Waals surface area (Å²) in [7, 11) is 0. The monoisotopic (exact) mass is 179 g/mol. The Balaban J connectivity index is 1.88. The Morgan fingerprint density at radius 3 is 2.62 bits per heavy atom. The molecule has 72 valence electrons. The van der Waals surface area contributed by atoms with E-state index in [2.05, 4.69) is 16.7 Å². The lowest BCUT2D eigenvalue weighted by Crippen LogP contribution is -2.46. The predicted octanol–water partition coefficient (Wildman–Crippen LogP) is 0.978. The molecule has 2 aliphatic rings. The molecule has 2 unspecified atom stereocenters. The first-order chi connectivity index (χ1) is 6.38. The minimum atomic E-state index is 0.770. The van der Waals surface area contributed by atoms with E-state index in [1.54, 1.807) is 0 Å². The molecule has 2 fully saturated rings. The highest BCUT2D eigenvalue weighted by Gasteiger charge is 2.30. The average molecular weight is 179 g/mol. The molecular formula is C11H17NO. The molecule has 0 spiro atoms. The van der Waals surface area contributed by atoms with Gasteiger partial charge in [0.05, 0.1) is 19.8 Å². The third-order valence-electron chi connectivity index (χ3n) is 2.89. The molecule has 2 atom stereocenters. The molecule has 0 radical (unpaired) electrons. The number of rotatable bonds is 1. The van der Waals surface area contributed by atoms with Gasteiger partial charge in [0.15, 0.2) is 0 Å². The van der Waals surface area contributed by atoms with E-state index >= 15 is 0 Å². The highest BCUT2D eigenvalue weighted by molar-refractivity contribution is 4.99. The van der Waals surface area contributed by atoms with Crippen LogP contribution in [0.15, 0.2) is 0 Å². The summed E-state index contributed by atoms with van der Waals surface area (Å²) in [4.78, 5) is 2.47. The van der Waals surface area contributed by atoms with Crippen LogP contribution < -0.4 is 0 Å². The molecule has 2 nitrogen and oxygen atoms in total. The first-order valence-corrected chi connectivity index (χ1v) is 5.08. The first-order valence-electron chi connectivity index (χ1n) is 5.08. The standard InChI is InChI=1S/C11H17NO/c1-2-3-4-12-6-10-5-11(7-12)9-13-8-10/h10-11H,4-9H2,1H3. The van der Waals surface area contributed by atoms with Gasteiger partial charge in [0.25, 0.3) is 0 Å². The van der Waals surface area contributed by atoms with Crippen molar-refractivity contribution in [2.24, 2.45) is 11.8 Å². The van der Waals surface area contributed by atoms with Crippen molar-refractivity contribution in [3.05, 3.63) is 0 Å². The number of likely N-dealkylation sites (tertiary alicyclic amines) is 1. The van der Waals surface area contributed by atoms with Crippen LogP contribution in [-0.2, 0) is 4.74 Å². The highest BCUT2D eigenvalue weighted by Crippen LogP contribution is 2.26. The normalized spacial score (nSPS) is 33.6. The van der Waals surface area contributed by atoms with Crippen molar-refractivity contribution in [2.45, 2.75) is 13.3 Å². The Bertz CT molecular complexity index is 216. The minimum Gasteiger partial charge on any atom is -0.381 e. The molecule has 0 amide bonds. The molecular weight excluding hydrogens is 162 g/mol. The molecule has 13 heavy (non-hydrogen) atoms. The van der Waals surface area contributed by atoms with Crippen molar-refractivity contribution in [2.75, 3.05) is 32.8 Å². The maximum Gasteiger partial charge on any atom is 0.0601 e. The quantitative estimate of drug-likeness (QED) is 0.556. The van der Waals surface area contributed by atoms with Crippen molar-refractivity contribution >= 4 is 0 Å². The van der Waals surface area contributed by atoms with E-state index in [1.807, 2.05) is 6.92 Å². The largest absolute Gasteiger partial charge is 0.381 e. The summed E-state index contributed by atoms with van der Waals surface area (Å²) in [5.41, 5.74) is 0. The van der Waals surface area contributed by atoms with Crippen LogP contribution in [0, 0.1) is 23.7 Å². The third kappa shape index (κ3) is 2.24. The fourth-order valence-corrected chi connectivity index (χ4v) is 2.39. The van der Waals surface area contributed by atoms with Crippen LogP contribution in [-0.4, -0.2) is 37.7 Å². The summed E-state index contributed by atoms with van der Waals surface area (Å²) in [6.45, 7) is 7.16. The van der Waals surface area contributed by atoms with E-state index in [9.17, 15) is 0 Å². The van der Waals surface area contributed by atoms with Crippen LogP contribution in [0.1, 0.15) is 13.3 Å². The van der Waals surface area contributed by atoms with Crippen LogP contribution in [0.25, 0.3) is 0 Å².